The topological polar surface area (TPSA) is 75.6 Å². The first-order chi connectivity index (χ1) is 12.6. The van der Waals surface area contributed by atoms with Gasteiger partial charge < -0.3 is 14.5 Å². The summed E-state index contributed by atoms with van der Waals surface area (Å²) < 4.78 is 5.19. The summed E-state index contributed by atoms with van der Waals surface area (Å²) in [5, 5.41) is 0. The molecule has 0 bridgehead atoms. The van der Waals surface area contributed by atoms with Gasteiger partial charge in [0.1, 0.15) is 6.54 Å². The van der Waals surface area contributed by atoms with Gasteiger partial charge in [0.15, 0.2) is 6.61 Å². The molecule has 2 heterocycles. The average Bonchev–Trinajstić information content (AvgIpc) is 2.66. The predicted molar refractivity (Wildman–Crippen MR) is 98.0 cm³/mol. The summed E-state index contributed by atoms with van der Waals surface area (Å²) in [6, 6.07) is 9.63. The van der Waals surface area contributed by atoms with Crippen LogP contribution in [0.25, 0.3) is 0 Å². The molecule has 26 heavy (non-hydrogen) atoms. The normalized spacial score (nSPS) is 15.9. The van der Waals surface area contributed by atoms with Gasteiger partial charge in [0.05, 0.1) is 0 Å². The highest BCUT2D eigenvalue weighted by Crippen LogP contribution is 2.30. The second-order valence-corrected chi connectivity index (χ2v) is 6.35. The lowest BCUT2D eigenvalue weighted by atomic mass is 9.96. The third-order valence-electron chi connectivity index (χ3n) is 4.41. The molecule has 0 saturated carbocycles. The zero-order valence-electron chi connectivity index (χ0n) is 15.0. The number of nitrogens with zero attached hydrogens (tertiary/aromatic N) is 4. The van der Waals surface area contributed by atoms with Gasteiger partial charge >= 0.3 is 5.97 Å². The molecule has 0 fully saturated rings. The van der Waals surface area contributed by atoms with Crippen molar-refractivity contribution in [3.8, 4) is 0 Å². The molecule has 1 atom stereocenters. The Morgan fingerprint density at radius 2 is 1.96 bits per heavy atom. The Hall–Kier alpha value is -2.96. The predicted octanol–water partition coefficient (Wildman–Crippen LogP) is 1.82. The van der Waals surface area contributed by atoms with Crippen LogP contribution in [0.1, 0.15) is 18.9 Å². The van der Waals surface area contributed by atoms with E-state index in [1.54, 1.807) is 35.3 Å². The Labute approximate surface area is 152 Å². The van der Waals surface area contributed by atoms with Crippen LogP contribution in [0.15, 0.2) is 42.7 Å². The molecular weight excluding hydrogens is 332 g/mol. The maximum atomic E-state index is 12.6. The molecular formula is C19H22N4O3. The van der Waals surface area contributed by atoms with Gasteiger partial charge in [-0.3, -0.25) is 9.59 Å². The number of benzene rings is 1. The van der Waals surface area contributed by atoms with Crippen molar-refractivity contribution in [2.24, 2.45) is 0 Å². The van der Waals surface area contributed by atoms with Crippen LogP contribution in [-0.2, 0) is 20.7 Å². The highest BCUT2D eigenvalue weighted by Gasteiger charge is 2.28. The van der Waals surface area contributed by atoms with Gasteiger partial charge in [-0.15, -0.1) is 0 Å². The molecule has 7 heteroatoms. The minimum atomic E-state index is -0.494. The molecule has 1 aliphatic rings. The van der Waals surface area contributed by atoms with Crippen LogP contribution in [-0.4, -0.2) is 48.1 Å². The van der Waals surface area contributed by atoms with E-state index in [9.17, 15) is 9.59 Å². The first-order valence-electron chi connectivity index (χ1n) is 8.60. The van der Waals surface area contributed by atoms with Crippen LogP contribution in [0.2, 0.25) is 0 Å². The number of hydrogen-bond donors (Lipinski definition) is 0. The fraction of sp³-hybridized carbons (Fsp3) is 0.368. The zero-order chi connectivity index (χ0) is 18.5. The smallest absolute Gasteiger partial charge is 0.326 e. The molecule has 136 valence electrons. The number of aryl methyl sites for hydroxylation is 1. The molecule has 0 saturated heterocycles. The Morgan fingerprint density at radius 3 is 2.73 bits per heavy atom. The summed E-state index contributed by atoms with van der Waals surface area (Å²) >= 11 is 0. The van der Waals surface area contributed by atoms with Crippen LogP contribution in [0.3, 0.4) is 0 Å². The van der Waals surface area contributed by atoms with Gasteiger partial charge in [0, 0.05) is 31.2 Å². The summed E-state index contributed by atoms with van der Waals surface area (Å²) in [6.45, 7) is 1.71. The number of anilines is 2. The molecule has 3 rings (SSSR count). The molecule has 0 aliphatic carbocycles. The van der Waals surface area contributed by atoms with E-state index in [4.69, 9.17) is 4.74 Å². The second-order valence-electron chi connectivity index (χ2n) is 6.35. The maximum absolute atomic E-state index is 12.6. The molecule has 1 aromatic heterocycles. The molecule has 0 spiro atoms. The Morgan fingerprint density at radius 1 is 1.23 bits per heavy atom. The van der Waals surface area contributed by atoms with Gasteiger partial charge in [-0.05, 0) is 37.5 Å². The molecule has 1 unspecified atom stereocenters. The molecule has 1 aromatic carbocycles. The number of carbonyl (C=O) groups is 2. The van der Waals surface area contributed by atoms with Crippen molar-refractivity contribution in [3.63, 3.8) is 0 Å². The number of hydrogen-bond acceptors (Lipinski definition) is 6. The quantitative estimate of drug-likeness (QED) is 0.763. The monoisotopic (exact) mass is 354 g/mol. The second kappa shape index (κ2) is 7.95. The van der Waals surface area contributed by atoms with Crippen molar-refractivity contribution in [2.75, 3.05) is 30.0 Å². The number of esters is 1. The van der Waals surface area contributed by atoms with E-state index < -0.39 is 5.97 Å². The van der Waals surface area contributed by atoms with Crippen molar-refractivity contribution in [3.05, 3.63) is 48.3 Å². The third-order valence-corrected chi connectivity index (χ3v) is 4.41. The van der Waals surface area contributed by atoms with E-state index in [0.29, 0.717) is 5.95 Å². The molecule has 1 amide bonds. The van der Waals surface area contributed by atoms with Crippen LogP contribution in [0.5, 0.6) is 0 Å². The van der Waals surface area contributed by atoms with Crippen LogP contribution in [0, 0.1) is 0 Å². The van der Waals surface area contributed by atoms with E-state index in [-0.39, 0.29) is 25.1 Å². The lowest BCUT2D eigenvalue weighted by molar-refractivity contribution is -0.146. The van der Waals surface area contributed by atoms with Gasteiger partial charge in [0.25, 0.3) is 5.91 Å². The number of aromatic nitrogens is 2. The zero-order valence-corrected chi connectivity index (χ0v) is 15.0. The van der Waals surface area contributed by atoms with Crippen LogP contribution in [0.4, 0.5) is 11.6 Å². The SMILES string of the molecule is CC1CCc2ccccc2N1C(=O)COC(=O)CN(C)c1ncccn1. The minimum absolute atomic E-state index is 0.0244. The molecule has 7 nitrogen and oxygen atoms in total. The van der Waals surface area contributed by atoms with E-state index in [2.05, 4.69) is 9.97 Å². The van der Waals surface area contributed by atoms with Gasteiger partial charge in [-0.1, -0.05) is 18.2 Å². The first kappa shape index (κ1) is 17.8. The van der Waals surface area contributed by atoms with E-state index >= 15 is 0 Å². The lowest BCUT2D eigenvalue weighted by Gasteiger charge is -2.35. The maximum Gasteiger partial charge on any atom is 0.326 e. The largest absolute Gasteiger partial charge is 0.454 e. The summed E-state index contributed by atoms with van der Waals surface area (Å²) in [7, 11) is 1.70. The summed E-state index contributed by atoms with van der Waals surface area (Å²) in [5.74, 6) is -0.280. The number of amides is 1. The highest BCUT2D eigenvalue weighted by atomic mass is 16.5. The molecule has 0 radical (unpaired) electrons. The van der Waals surface area contributed by atoms with E-state index in [1.165, 1.54) is 0 Å². The third kappa shape index (κ3) is 3.99. The molecule has 1 aliphatic heterocycles. The van der Waals surface area contributed by atoms with Crippen molar-refractivity contribution < 1.29 is 14.3 Å². The Balaban J connectivity index is 1.58. The number of fused-ring (bicyclic) bond motifs is 1. The number of ether oxygens (including phenoxy) is 1. The fourth-order valence-electron chi connectivity index (χ4n) is 3.08. The van der Waals surface area contributed by atoms with Crippen molar-refractivity contribution in [1.82, 2.24) is 9.97 Å². The highest BCUT2D eigenvalue weighted by molar-refractivity contribution is 5.97. The van der Waals surface area contributed by atoms with E-state index in [1.807, 2.05) is 31.2 Å². The minimum Gasteiger partial charge on any atom is -0.454 e. The summed E-state index contributed by atoms with van der Waals surface area (Å²) in [5.41, 5.74) is 2.05. The van der Waals surface area contributed by atoms with Crippen molar-refractivity contribution in [1.29, 1.82) is 0 Å². The molecule has 2 aromatic rings. The van der Waals surface area contributed by atoms with E-state index in [0.717, 1.165) is 24.1 Å². The molecule has 0 N–H and O–H groups in total. The number of rotatable bonds is 5. The number of likely N-dealkylation sites (N-methyl/N-ethyl adjacent to an activating group) is 1. The van der Waals surface area contributed by atoms with Crippen molar-refractivity contribution in [2.45, 2.75) is 25.8 Å². The fourth-order valence-corrected chi connectivity index (χ4v) is 3.08. The standard InChI is InChI=1S/C19H22N4O3/c1-14-8-9-15-6-3-4-7-16(15)23(14)17(24)13-26-18(25)12-22(2)19-20-10-5-11-21-19/h3-7,10-11,14H,8-9,12-13H2,1-2H3. The van der Waals surface area contributed by atoms with Gasteiger partial charge in [-0.2, -0.15) is 0 Å². The average molecular weight is 354 g/mol. The van der Waals surface area contributed by atoms with Gasteiger partial charge in [0.2, 0.25) is 5.95 Å². The Bertz CT molecular complexity index is 781. The number of para-hydroxylation sites is 1. The van der Waals surface area contributed by atoms with Gasteiger partial charge in [-0.25, -0.2) is 9.97 Å². The van der Waals surface area contributed by atoms with Crippen molar-refractivity contribution >= 4 is 23.5 Å². The summed E-state index contributed by atoms with van der Waals surface area (Å²) in [4.78, 5) is 36.1. The summed E-state index contributed by atoms with van der Waals surface area (Å²) in [6.07, 6.45) is 5.04. The first-order valence-corrected chi connectivity index (χ1v) is 8.60. The Kier molecular flexibility index (Phi) is 5.46. The van der Waals surface area contributed by atoms with Crippen LogP contribution < -0.4 is 9.80 Å². The lowest BCUT2D eigenvalue weighted by Crippen LogP contribution is -2.44. The number of carbonyl (C=O) groups excluding carboxylic acids is 2. The van der Waals surface area contributed by atoms with Crippen LogP contribution >= 0.6 is 0 Å².